The number of aromatic amines is 1. The lowest BCUT2D eigenvalue weighted by molar-refractivity contribution is -0.385. The van der Waals surface area contributed by atoms with E-state index in [-0.39, 0.29) is 23.8 Å². The largest absolute Gasteiger partial charge is 0.478 e. The second-order valence-electron chi connectivity index (χ2n) is 5.19. The summed E-state index contributed by atoms with van der Waals surface area (Å²) in [6.45, 7) is 1.50. The number of para-hydroxylation sites is 1. The van der Waals surface area contributed by atoms with Crippen LogP contribution in [0.4, 0.5) is 5.69 Å². The fourth-order valence-electron chi connectivity index (χ4n) is 2.42. The molecule has 6 nitrogen and oxygen atoms in total. The lowest BCUT2D eigenvalue weighted by atomic mass is 10.1. The summed E-state index contributed by atoms with van der Waals surface area (Å²) < 4.78 is 5.38. The number of ketones is 1. The molecule has 0 atom stereocenters. The van der Waals surface area contributed by atoms with Gasteiger partial charge in [0.15, 0.2) is 12.4 Å². The number of ether oxygens (including phenoxy) is 1. The Hall–Kier alpha value is -3.15. The third-order valence-electron chi connectivity index (χ3n) is 3.56. The summed E-state index contributed by atoms with van der Waals surface area (Å²) in [5.74, 6) is -0.147. The quantitative estimate of drug-likeness (QED) is 0.443. The number of fused-ring (bicyclic) bond motifs is 1. The topological polar surface area (TPSA) is 85.2 Å². The molecule has 1 heterocycles. The van der Waals surface area contributed by atoms with Crippen LogP contribution in [-0.2, 0) is 0 Å². The summed E-state index contributed by atoms with van der Waals surface area (Å²) in [6.07, 6.45) is 1.62. The van der Waals surface area contributed by atoms with Crippen LogP contribution in [-0.4, -0.2) is 22.3 Å². The lowest BCUT2D eigenvalue weighted by Gasteiger charge is -2.06. The van der Waals surface area contributed by atoms with Gasteiger partial charge in [-0.15, -0.1) is 0 Å². The first-order valence-electron chi connectivity index (χ1n) is 7.03. The van der Waals surface area contributed by atoms with Gasteiger partial charge >= 0.3 is 5.69 Å². The Labute approximate surface area is 131 Å². The van der Waals surface area contributed by atoms with Crippen molar-refractivity contribution in [1.29, 1.82) is 0 Å². The molecule has 1 N–H and O–H groups in total. The van der Waals surface area contributed by atoms with Crippen molar-refractivity contribution < 1.29 is 14.5 Å². The third-order valence-corrected chi connectivity index (χ3v) is 3.56. The van der Waals surface area contributed by atoms with Crippen LogP contribution in [0.15, 0.2) is 48.7 Å². The second-order valence-corrected chi connectivity index (χ2v) is 5.19. The number of benzene rings is 2. The van der Waals surface area contributed by atoms with Crippen molar-refractivity contribution in [3.63, 3.8) is 0 Å². The van der Waals surface area contributed by atoms with E-state index in [4.69, 9.17) is 4.74 Å². The van der Waals surface area contributed by atoms with Crippen LogP contribution in [0.1, 0.15) is 15.9 Å². The van der Waals surface area contributed by atoms with Crippen molar-refractivity contribution in [3.8, 4) is 5.75 Å². The highest BCUT2D eigenvalue weighted by Crippen LogP contribution is 2.28. The van der Waals surface area contributed by atoms with Crippen molar-refractivity contribution in [2.75, 3.05) is 6.61 Å². The zero-order valence-corrected chi connectivity index (χ0v) is 12.4. The maximum Gasteiger partial charge on any atom is 0.311 e. The van der Waals surface area contributed by atoms with E-state index >= 15 is 0 Å². The van der Waals surface area contributed by atoms with Crippen molar-refractivity contribution in [3.05, 3.63) is 69.9 Å². The van der Waals surface area contributed by atoms with E-state index < -0.39 is 4.92 Å². The molecule has 6 heteroatoms. The maximum absolute atomic E-state index is 12.3. The van der Waals surface area contributed by atoms with Crippen LogP contribution >= 0.6 is 0 Å². The monoisotopic (exact) mass is 310 g/mol. The molecular formula is C17H14N2O4. The Morgan fingerprint density at radius 1 is 1.26 bits per heavy atom. The van der Waals surface area contributed by atoms with Crippen LogP contribution in [0, 0.1) is 17.0 Å². The highest BCUT2D eigenvalue weighted by atomic mass is 16.6. The minimum absolute atomic E-state index is 0.0915. The van der Waals surface area contributed by atoms with Gasteiger partial charge in [-0.05, 0) is 24.6 Å². The van der Waals surface area contributed by atoms with E-state index in [1.807, 2.05) is 24.3 Å². The molecule has 0 saturated carbocycles. The van der Waals surface area contributed by atoms with Crippen LogP contribution < -0.4 is 4.74 Å². The first-order valence-corrected chi connectivity index (χ1v) is 7.03. The first-order chi connectivity index (χ1) is 11.1. The Bertz CT molecular complexity index is 898. The van der Waals surface area contributed by atoms with Crippen molar-refractivity contribution in [1.82, 2.24) is 4.98 Å². The van der Waals surface area contributed by atoms with Gasteiger partial charge in [-0.25, -0.2) is 0 Å². The molecule has 2 aromatic carbocycles. The maximum atomic E-state index is 12.3. The number of carbonyl (C=O) groups excluding carboxylic acids is 1. The Kier molecular flexibility index (Phi) is 3.80. The molecule has 116 valence electrons. The number of nitro benzene ring substituents is 1. The van der Waals surface area contributed by atoms with E-state index in [0.29, 0.717) is 5.56 Å². The summed E-state index contributed by atoms with van der Waals surface area (Å²) >= 11 is 0. The number of aryl methyl sites for hydroxylation is 1. The predicted molar refractivity (Wildman–Crippen MR) is 86.0 cm³/mol. The summed E-state index contributed by atoms with van der Waals surface area (Å²) in [4.78, 5) is 25.9. The van der Waals surface area contributed by atoms with Crippen LogP contribution in [0.25, 0.3) is 10.9 Å². The van der Waals surface area contributed by atoms with E-state index in [9.17, 15) is 14.9 Å². The molecule has 0 aliphatic carbocycles. The Morgan fingerprint density at radius 2 is 2.04 bits per heavy atom. The van der Waals surface area contributed by atoms with Gasteiger partial charge in [-0.3, -0.25) is 14.9 Å². The lowest BCUT2D eigenvalue weighted by Crippen LogP contribution is -2.12. The van der Waals surface area contributed by atoms with Crippen LogP contribution in [0.5, 0.6) is 5.75 Å². The van der Waals surface area contributed by atoms with Crippen molar-refractivity contribution >= 4 is 22.4 Å². The molecule has 3 aromatic rings. The number of hydrogen-bond donors (Lipinski definition) is 1. The number of nitrogens with zero attached hydrogens (tertiary/aromatic N) is 1. The van der Waals surface area contributed by atoms with Crippen LogP contribution in [0.3, 0.4) is 0 Å². The van der Waals surface area contributed by atoms with E-state index in [1.54, 1.807) is 19.2 Å². The highest BCUT2D eigenvalue weighted by molar-refractivity contribution is 6.08. The average molecular weight is 310 g/mol. The molecule has 0 fully saturated rings. The molecule has 0 aliphatic rings. The molecule has 0 bridgehead atoms. The van der Waals surface area contributed by atoms with E-state index in [2.05, 4.69) is 4.98 Å². The fourth-order valence-corrected chi connectivity index (χ4v) is 2.42. The van der Waals surface area contributed by atoms with Crippen LogP contribution in [0.2, 0.25) is 0 Å². The molecule has 23 heavy (non-hydrogen) atoms. The molecule has 0 amide bonds. The summed E-state index contributed by atoms with van der Waals surface area (Å²) in [5, 5.41) is 11.9. The molecule has 0 unspecified atom stereocenters. The van der Waals surface area contributed by atoms with E-state index in [0.717, 1.165) is 16.5 Å². The van der Waals surface area contributed by atoms with Gasteiger partial charge in [0.1, 0.15) is 0 Å². The number of nitro groups is 1. The summed E-state index contributed by atoms with van der Waals surface area (Å²) in [7, 11) is 0. The summed E-state index contributed by atoms with van der Waals surface area (Å²) in [5.41, 5.74) is 1.98. The minimum atomic E-state index is -0.515. The van der Waals surface area contributed by atoms with Gasteiger partial charge in [0.05, 0.1) is 4.92 Å². The number of aromatic nitrogens is 1. The van der Waals surface area contributed by atoms with Crippen molar-refractivity contribution in [2.24, 2.45) is 0 Å². The first kappa shape index (κ1) is 14.8. The second kappa shape index (κ2) is 5.92. The normalized spacial score (nSPS) is 10.7. The number of H-pyrrole nitrogens is 1. The zero-order chi connectivity index (χ0) is 16.4. The van der Waals surface area contributed by atoms with Gasteiger partial charge in [-0.2, -0.15) is 0 Å². The fraction of sp³-hybridized carbons (Fsp3) is 0.118. The molecule has 1 aromatic heterocycles. The number of carbonyl (C=O) groups is 1. The molecule has 0 aliphatic heterocycles. The van der Waals surface area contributed by atoms with Gasteiger partial charge in [0, 0.05) is 28.7 Å². The van der Waals surface area contributed by atoms with Gasteiger partial charge in [0.25, 0.3) is 0 Å². The SMILES string of the molecule is Cc1ccc(OCC(=O)c2c[nH]c3ccccc23)c([N+](=O)[O-])c1. The standard InChI is InChI=1S/C17H14N2O4/c1-11-6-7-17(15(8-11)19(21)22)23-10-16(20)13-9-18-14-5-3-2-4-12(13)14/h2-9,18H,10H2,1H3. The number of nitrogens with one attached hydrogen (secondary N) is 1. The molecular weight excluding hydrogens is 296 g/mol. The minimum Gasteiger partial charge on any atom is -0.478 e. The number of Topliss-reactive ketones (excluding diaryl/α,β-unsaturated/α-hetero) is 1. The molecule has 0 saturated heterocycles. The smallest absolute Gasteiger partial charge is 0.311 e. The Balaban J connectivity index is 1.81. The predicted octanol–water partition coefficient (Wildman–Crippen LogP) is 3.65. The Morgan fingerprint density at radius 3 is 2.83 bits per heavy atom. The molecule has 0 spiro atoms. The summed E-state index contributed by atoms with van der Waals surface area (Å²) in [6, 6.07) is 12.1. The van der Waals surface area contributed by atoms with Gasteiger partial charge in [-0.1, -0.05) is 24.3 Å². The van der Waals surface area contributed by atoms with E-state index in [1.165, 1.54) is 12.1 Å². The van der Waals surface area contributed by atoms with Gasteiger partial charge in [0.2, 0.25) is 5.78 Å². The van der Waals surface area contributed by atoms with Crippen molar-refractivity contribution in [2.45, 2.75) is 6.92 Å². The third kappa shape index (κ3) is 2.91. The molecule has 0 radical (unpaired) electrons. The zero-order valence-electron chi connectivity index (χ0n) is 12.4. The molecule has 3 rings (SSSR count). The number of hydrogen-bond acceptors (Lipinski definition) is 4. The average Bonchev–Trinajstić information content (AvgIpc) is 2.97. The highest BCUT2D eigenvalue weighted by Gasteiger charge is 2.18. The number of rotatable bonds is 5. The van der Waals surface area contributed by atoms with Gasteiger partial charge < -0.3 is 9.72 Å².